The number of Topliss-reactive ketones (excluding diaryl/α,β-unsaturated/α-hetero) is 1. The molecule has 0 spiro atoms. The van der Waals surface area contributed by atoms with Crippen LogP contribution in [0.25, 0.3) is 5.57 Å². The molecule has 4 nitrogen and oxygen atoms in total. The molecule has 2 unspecified atom stereocenters. The van der Waals surface area contributed by atoms with Crippen LogP contribution in [0.1, 0.15) is 61.4 Å². The number of sulfone groups is 1. The largest absolute Gasteiger partial charge is 0.512 e. The summed E-state index contributed by atoms with van der Waals surface area (Å²) in [5, 5.41) is 11.0. The minimum Gasteiger partial charge on any atom is -0.512 e. The number of benzene rings is 2. The van der Waals surface area contributed by atoms with Crippen molar-refractivity contribution in [3.05, 3.63) is 70.0 Å². The molecule has 0 aromatic heterocycles. The Hall–Kier alpha value is -2.40. The van der Waals surface area contributed by atoms with Crippen molar-refractivity contribution in [2.24, 2.45) is 11.8 Å². The van der Waals surface area contributed by atoms with Gasteiger partial charge in [0.05, 0.1) is 16.2 Å². The summed E-state index contributed by atoms with van der Waals surface area (Å²) >= 11 is 0. The van der Waals surface area contributed by atoms with E-state index < -0.39 is 9.84 Å². The average Bonchev–Trinajstić information content (AvgIpc) is 2.73. The fourth-order valence-electron chi connectivity index (χ4n) is 4.75. The smallest absolute Gasteiger partial charge is 0.178 e. The first-order valence-corrected chi connectivity index (χ1v) is 13.1. The van der Waals surface area contributed by atoms with Gasteiger partial charge in [0.25, 0.3) is 0 Å². The molecule has 5 heteroatoms. The number of hydrogen-bond acceptors (Lipinski definition) is 4. The SMILES string of the molecule is CCc1cc(C)cc(CC)c1C1=C(O)CC(C(C)CS(=O)(=O)c2ccc(C)cc2)CC1=O. The van der Waals surface area contributed by atoms with Gasteiger partial charge in [-0.3, -0.25) is 4.79 Å². The average molecular weight is 455 g/mol. The molecule has 0 heterocycles. The second-order valence-corrected chi connectivity index (χ2v) is 11.2. The van der Waals surface area contributed by atoms with Gasteiger partial charge in [-0.25, -0.2) is 8.42 Å². The number of hydrogen-bond donors (Lipinski definition) is 1. The summed E-state index contributed by atoms with van der Waals surface area (Å²) < 4.78 is 25.8. The molecule has 2 aromatic rings. The van der Waals surface area contributed by atoms with Gasteiger partial charge in [-0.2, -0.15) is 0 Å². The van der Waals surface area contributed by atoms with E-state index >= 15 is 0 Å². The second kappa shape index (κ2) is 9.62. The Labute approximate surface area is 192 Å². The number of carbonyl (C=O) groups excluding carboxylic acids is 1. The number of aliphatic hydroxyl groups is 1. The van der Waals surface area contributed by atoms with E-state index in [1.807, 2.05) is 20.8 Å². The molecule has 0 radical (unpaired) electrons. The Kier molecular flexibility index (Phi) is 7.29. The molecule has 0 fully saturated rings. The maximum atomic E-state index is 13.2. The lowest BCUT2D eigenvalue weighted by molar-refractivity contribution is -0.115. The number of ketones is 1. The van der Waals surface area contributed by atoms with Gasteiger partial charge >= 0.3 is 0 Å². The van der Waals surface area contributed by atoms with E-state index in [1.165, 1.54) is 0 Å². The Bertz CT molecular complexity index is 1120. The maximum absolute atomic E-state index is 13.2. The molecule has 0 aliphatic heterocycles. The van der Waals surface area contributed by atoms with Gasteiger partial charge in [0.2, 0.25) is 0 Å². The fourth-order valence-corrected chi connectivity index (χ4v) is 6.46. The normalized spacial score (nSPS) is 18.2. The zero-order valence-corrected chi connectivity index (χ0v) is 20.6. The van der Waals surface area contributed by atoms with E-state index in [4.69, 9.17) is 0 Å². The second-order valence-electron chi connectivity index (χ2n) is 9.15. The van der Waals surface area contributed by atoms with E-state index in [0.717, 1.165) is 40.7 Å². The molecule has 3 rings (SSSR count). The van der Waals surface area contributed by atoms with E-state index in [9.17, 15) is 18.3 Å². The van der Waals surface area contributed by atoms with Gasteiger partial charge < -0.3 is 5.11 Å². The van der Waals surface area contributed by atoms with Crippen LogP contribution in [0.15, 0.2) is 47.1 Å². The number of aryl methyl sites for hydroxylation is 4. The highest BCUT2D eigenvalue weighted by Gasteiger charge is 2.35. The van der Waals surface area contributed by atoms with Crippen LogP contribution in [0.3, 0.4) is 0 Å². The molecule has 0 saturated heterocycles. The van der Waals surface area contributed by atoms with Gasteiger partial charge in [0, 0.05) is 12.8 Å². The van der Waals surface area contributed by atoms with Crippen molar-refractivity contribution in [3.63, 3.8) is 0 Å². The number of rotatable bonds is 7. The molecular weight excluding hydrogens is 420 g/mol. The standard InChI is InChI=1S/C27H34O4S/c1-6-20-12-18(4)13-21(7-2)26(20)27-24(28)14-22(15-25(27)29)19(5)16-32(30,31)23-10-8-17(3)9-11-23/h8-13,19,22,28H,6-7,14-16H2,1-5H3. The zero-order chi connectivity index (χ0) is 23.6. The lowest BCUT2D eigenvalue weighted by Gasteiger charge is -2.29. The van der Waals surface area contributed by atoms with Crippen LogP contribution in [-0.4, -0.2) is 25.1 Å². The zero-order valence-electron chi connectivity index (χ0n) is 19.7. The summed E-state index contributed by atoms with van der Waals surface area (Å²) in [6, 6.07) is 11.0. The summed E-state index contributed by atoms with van der Waals surface area (Å²) in [5.41, 5.74) is 5.62. The highest BCUT2D eigenvalue weighted by molar-refractivity contribution is 7.91. The molecule has 2 atom stereocenters. The van der Waals surface area contributed by atoms with E-state index in [0.29, 0.717) is 16.9 Å². The molecule has 32 heavy (non-hydrogen) atoms. The quantitative estimate of drug-likeness (QED) is 0.575. The van der Waals surface area contributed by atoms with Crippen molar-refractivity contribution in [1.82, 2.24) is 0 Å². The Morgan fingerprint density at radius 1 is 0.969 bits per heavy atom. The molecule has 0 saturated carbocycles. The minimum absolute atomic E-state index is 0.0401. The first-order valence-electron chi connectivity index (χ1n) is 11.4. The summed E-state index contributed by atoms with van der Waals surface area (Å²) in [7, 11) is -3.46. The fraction of sp³-hybridized carbons (Fsp3) is 0.444. The number of aliphatic hydroxyl groups excluding tert-OH is 1. The minimum atomic E-state index is -3.46. The molecule has 0 amide bonds. The van der Waals surface area contributed by atoms with E-state index in [2.05, 4.69) is 26.0 Å². The number of carbonyl (C=O) groups is 1. The van der Waals surface area contributed by atoms with Gasteiger partial charge in [-0.1, -0.05) is 56.2 Å². The molecule has 172 valence electrons. The van der Waals surface area contributed by atoms with Crippen molar-refractivity contribution >= 4 is 21.2 Å². The first kappa shape index (κ1) is 24.2. The molecule has 0 bridgehead atoms. The predicted octanol–water partition coefficient (Wildman–Crippen LogP) is 5.79. The molecule has 1 aliphatic carbocycles. The topological polar surface area (TPSA) is 71.4 Å². The third-order valence-corrected chi connectivity index (χ3v) is 8.55. The van der Waals surface area contributed by atoms with Gasteiger partial charge in [0.1, 0.15) is 5.76 Å². The van der Waals surface area contributed by atoms with Crippen molar-refractivity contribution < 1.29 is 18.3 Å². The van der Waals surface area contributed by atoms with Crippen LogP contribution in [0.5, 0.6) is 0 Å². The van der Waals surface area contributed by atoms with Crippen LogP contribution in [0, 0.1) is 25.7 Å². The van der Waals surface area contributed by atoms with Gasteiger partial charge in [0.15, 0.2) is 15.6 Å². The maximum Gasteiger partial charge on any atom is 0.178 e. The summed E-state index contributed by atoms with van der Waals surface area (Å²) in [4.78, 5) is 13.6. The summed E-state index contributed by atoms with van der Waals surface area (Å²) in [6.45, 7) is 9.95. The molecule has 1 aliphatic rings. The first-order chi connectivity index (χ1) is 15.1. The van der Waals surface area contributed by atoms with Crippen molar-refractivity contribution in [1.29, 1.82) is 0 Å². The highest BCUT2D eigenvalue weighted by atomic mass is 32.2. The lowest BCUT2D eigenvalue weighted by Crippen LogP contribution is -2.28. The van der Waals surface area contributed by atoms with Crippen LogP contribution >= 0.6 is 0 Å². The highest BCUT2D eigenvalue weighted by Crippen LogP contribution is 2.39. The third-order valence-electron chi connectivity index (χ3n) is 6.60. The lowest BCUT2D eigenvalue weighted by atomic mass is 9.76. The molecular formula is C27H34O4S. The predicted molar refractivity (Wildman–Crippen MR) is 130 cm³/mol. The van der Waals surface area contributed by atoms with Crippen molar-refractivity contribution in [2.75, 3.05) is 5.75 Å². The van der Waals surface area contributed by atoms with Crippen molar-refractivity contribution in [3.8, 4) is 0 Å². The van der Waals surface area contributed by atoms with Gasteiger partial charge in [-0.05, 0) is 67.3 Å². The summed E-state index contributed by atoms with van der Waals surface area (Å²) in [5.74, 6) is -0.484. The summed E-state index contributed by atoms with van der Waals surface area (Å²) in [6.07, 6.45) is 2.14. The Balaban J connectivity index is 1.89. The van der Waals surface area contributed by atoms with E-state index in [-0.39, 0.29) is 35.6 Å². The third kappa shape index (κ3) is 4.98. The monoisotopic (exact) mass is 454 g/mol. The number of allylic oxidation sites excluding steroid dienone is 2. The van der Waals surface area contributed by atoms with Crippen LogP contribution in [0.2, 0.25) is 0 Å². The van der Waals surface area contributed by atoms with Crippen molar-refractivity contribution in [2.45, 2.75) is 65.2 Å². The van der Waals surface area contributed by atoms with E-state index in [1.54, 1.807) is 24.3 Å². The Morgan fingerprint density at radius 2 is 1.53 bits per heavy atom. The molecule has 2 aromatic carbocycles. The van der Waals surface area contributed by atoms with Crippen LogP contribution < -0.4 is 0 Å². The van der Waals surface area contributed by atoms with Crippen LogP contribution in [-0.2, 0) is 27.5 Å². The van der Waals surface area contributed by atoms with Gasteiger partial charge in [-0.15, -0.1) is 0 Å². The Morgan fingerprint density at radius 3 is 2.03 bits per heavy atom. The molecule has 1 N–H and O–H groups in total. The van der Waals surface area contributed by atoms with Crippen LogP contribution in [0.4, 0.5) is 0 Å².